The van der Waals surface area contributed by atoms with Crippen molar-refractivity contribution in [2.45, 2.75) is 33.2 Å². The number of amides is 2. The van der Waals surface area contributed by atoms with Crippen LogP contribution >= 0.6 is 0 Å². The normalized spacial score (nSPS) is 15.4. The van der Waals surface area contributed by atoms with Crippen molar-refractivity contribution in [3.8, 4) is 17.6 Å². The third-order valence-electron chi connectivity index (χ3n) is 4.97. The summed E-state index contributed by atoms with van der Waals surface area (Å²) in [6.45, 7) is 4.23. The van der Waals surface area contributed by atoms with Gasteiger partial charge in [-0.3, -0.25) is 14.5 Å². The molecule has 2 amide bonds. The first kappa shape index (κ1) is 21.9. The van der Waals surface area contributed by atoms with Gasteiger partial charge in [0.1, 0.15) is 17.4 Å². The molecule has 0 saturated carbocycles. The second-order valence-electron chi connectivity index (χ2n) is 7.06. The Labute approximate surface area is 181 Å². The summed E-state index contributed by atoms with van der Waals surface area (Å²) in [4.78, 5) is 26.8. The molecule has 0 unspecified atom stereocenters. The fourth-order valence-corrected chi connectivity index (χ4v) is 3.22. The highest BCUT2D eigenvalue weighted by molar-refractivity contribution is 6.19. The lowest BCUT2D eigenvalue weighted by Gasteiger charge is -2.26. The van der Waals surface area contributed by atoms with Crippen LogP contribution in [0.4, 0.5) is 0 Å². The van der Waals surface area contributed by atoms with Gasteiger partial charge in [0, 0.05) is 5.57 Å². The van der Waals surface area contributed by atoms with Crippen LogP contribution in [-0.2, 0) is 16.1 Å². The Hall–Kier alpha value is -3.79. The van der Waals surface area contributed by atoms with Crippen molar-refractivity contribution in [3.05, 3.63) is 64.6 Å². The van der Waals surface area contributed by atoms with E-state index < -0.39 is 11.8 Å². The Morgan fingerprint density at radius 3 is 2.65 bits per heavy atom. The molecule has 0 fully saturated rings. The SMILES string of the molecule is CCCCOc1ccc(/C=C2/C(=O)N(Cc3ccco3)C(=O)C(C#N)=C2C)cc1OC. The Bertz CT molecular complexity index is 1070. The Morgan fingerprint density at radius 2 is 2.00 bits per heavy atom. The number of unbranched alkanes of at least 4 members (excludes halogenated alkanes) is 1. The topological polar surface area (TPSA) is 92.8 Å². The molecule has 1 aromatic carbocycles. The van der Waals surface area contributed by atoms with Gasteiger partial charge in [-0.1, -0.05) is 19.4 Å². The second-order valence-corrected chi connectivity index (χ2v) is 7.06. The van der Waals surface area contributed by atoms with E-state index in [-0.39, 0.29) is 17.7 Å². The zero-order valence-corrected chi connectivity index (χ0v) is 17.8. The van der Waals surface area contributed by atoms with E-state index in [9.17, 15) is 14.9 Å². The van der Waals surface area contributed by atoms with Gasteiger partial charge >= 0.3 is 0 Å². The van der Waals surface area contributed by atoms with E-state index in [4.69, 9.17) is 13.9 Å². The number of rotatable bonds is 8. The molecule has 0 aliphatic carbocycles. The Kier molecular flexibility index (Phi) is 6.93. The summed E-state index contributed by atoms with van der Waals surface area (Å²) in [6, 6.07) is 10.6. The number of carbonyl (C=O) groups excluding carboxylic acids is 2. The maximum atomic E-state index is 13.1. The molecule has 0 saturated heterocycles. The van der Waals surface area contributed by atoms with Gasteiger partial charge in [-0.15, -0.1) is 0 Å². The monoisotopic (exact) mass is 420 g/mol. The van der Waals surface area contributed by atoms with Crippen molar-refractivity contribution < 1.29 is 23.5 Å². The Balaban J connectivity index is 1.97. The second kappa shape index (κ2) is 9.81. The number of nitrogens with zero attached hydrogens (tertiary/aromatic N) is 2. The number of methoxy groups -OCH3 is 1. The lowest BCUT2D eigenvalue weighted by Crippen LogP contribution is -2.42. The number of furan rings is 1. The van der Waals surface area contributed by atoms with E-state index in [2.05, 4.69) is 6.92 Å². The van der Waals surface area contributed by atoms with Crippen LogP contribution in [0.1, 0.15) is 38.0 Å². The van der Waals surface area contributed by atoms with Crippen LogP contribution in [0.5, 0.6) is 11.5 Å². The largest absolute Gasteiger partial charge is 0.493 e. The van der Waals surface area contributed by atoms with Crippen molar-refractivity contribution >= 4 is 17.9 Å². The minimum atomic E-state index is -0.629. The number of hydrogen-bond donors (Lipinski definition) is 0. The molecule has 1 aliphatic heterocycles. The zero-order valence-electron chi connectivity index (χ0n) is 17.8. The van der Waals surface area contributed by atoms with Gasteiger partial charge < -0.3 is 13.9 Å². The minimum Gasteiger partial charge on any atom is -0.493 e. The molecule has 31 heavy (non-hydrogen) atoms. The van der Waals surface area contributed by atoms with Crippen LogP contribution in [-0.4, -0.2) is 30.4 Å². The molecule has 0 spiro atoms. The summed E-state index contributed by atoms with van der Waals surface area (Å²) < 4.78 is 16.5. The molecule has 1 aliphatic rings. The molecule has 160 valence electrons. The fraction of sp³-hybridized carbons (Fsp3) is 0.292. The summed E-state index contributed by atoms with van der Waals surface area (Å²) in [5.74, 6) is 0.496. The first-order valence-electron chi connectivity index (χ1n) is 10.0. The summed E-state index contributed by atoms with van der Waals surface area (Å²) >= 11 is 0. The van der Waals surface area contributed by atoms with Crippen LogP contribution in [0.25, 0.3) is 6.08 Å². The predicted octanol–water partition coefficient (Wildman–Crippen LogP) is 4.26. The maximum Gasteiger partial charge on any atom is 0.272 e. The number of ether oxygens (including phenoxy) is 2. The summed E-state index contributed by atoms with van der Waals surface area (Å²) in [5.41, 5.74) is 1.23. The highest BCUT2D eigenvalue weighted by Crippen LogP contribution is 2.32. The van der Waals surface area contributed by atoms with Gasteiger partial charge in [0.25, 0.3) is 11.8 Å². The average Bonchev–Trinajstić information content (AvgIpc) is 3.29. The zero-order chi connectivity index (χ0) is 22.4. The average molecular weight is 420 g/mol. The molecule has 7 heteroatoms. The van der Waals surface area contributed by atoms with Gasteiger partial charge in [-0.05, 0) is 54.8 Å². The number of hydrogen-bond acceptors (Lipinski definition) is 6. The molecular weight excluding hydrogens is 396 g/mol. The third kappa shape index (κ3) is 4.69. The summed E-state index contributed by atoms with van der Waals surface area (Å²) in [7, 11) is 1.55. The number of imide groups is 1. The molecule has 2 heterocycles. The number of benzene rings is 1. The van der Waals surface area contributed by atoms with Crippen LogP contribution in [0.2, 0.25) is 0 Å². The van der Waals surface area contributed by atoms with Crippen molar-refractivity contribution in [1.82, 2.24) is 4.90 Å². The van der Waals surface area contributed by atoms with Crippen molar-refractivity contribution in [2.75, 3.05) is 13.7 Å². The van der Waals surface area contributed by atoms with Crippen molar-refractivity contribution in [3.63, 3.8) is 0 Å². The quantitative estimate of drug-likeness (QED) is 0.360. The first-order valence-corrected chi connectivity index (χ1v) is 10.0. The molecule has 3 rings (SSSR count). The molecule has 1 aromatic heterocycles. The van der Waals surface area contributed by atoms with E-state index in [1.165, 1.54) is 6.26 Å². The lowest BCUT2D eigenvalue weighted by atomic mass is 9.93. The standard InChI is InChI=1S/C24H24N2O5/c1-4-5-10-31-21-9-8-17(13-22(21)29-3)12-19-16(2)20(14-25)24(28)26(23(19)27)15-18-7-6-11-30-18/h6-9,11-13H,4-5,10,15H2,1-3H3/b19-12+. The number of carbonyl (C=O) groups is 2. The van der Waals surface area contributed by atoms with Gasteiger partial charge in [-0.25, -0.2) is 0 Å². The van der Waals surface area contributed by atoms with E-state index in [1.54, 1.807) is 50.4 Å². The molecule has 0 radical (unpaired) electrons. The minimum absolute atomic E-state index is 0.0476. The predicted molar refractivity (Wildman–Crippen MR) is 114 cm³/mol. The molecule has 2 aromatic rings. The molecule has 0 atom stereocenters. The van der Waals surface area contributed by atoms with Crippen LogP contribution in [0, 0.1) is 11.3 Å². The van der Waals surface area contributed by atoms with E-state index >= 15 is 0 Å². The smallest absolute Gasteiger partial charge is 0.272 e. The Morgan fingerprint density at radius 1 is 1.19 bits per heavy atom. The third-order valence-corrected chi connectivity index (χ3v) is 4.97. The van der Waals surface area contributed by atoms with Gasteiger partial charge in [0.15, 0.2) is 11.5 Å². The van der Waals surface area contributed by atoms with E-state index in [0.29, 0.717) is 35.0 Å². The fourth-order valence-electron chi connectivity index (χ4n) is 3.22. The highest BCUT2D eigenvalue weighted by Gasteiger charge is 2.35. The summed E-state index contributed by atoms with van der Waals surface area (Å²) in [6.07, 6.45) is 5.07. The van der Waals surface area contributed by atoms with Gasteiger partial charge in [0.05, 0.1) is 26.5 Å². The van der Waals surface area contributed by atoms with Crippen molar-refractivity contribution in [1.29, 1.82) is 5.26 Å². The maximum absolute atomic E-state index is 13.1. The van der Waals surface area contributed by atoms with E-state index in [1.807, 2.05) is 6.07 Å². The van der Waals surface area contributed by atoms with Crippen LogP contribution in [0.3, 0.4) is 0 Å². The van der Waals surface area contributed by atoms with Crippen LogP contribution < -0.4 is 9.47 Å². The van der Waals surface area contributed by atoms with E-state index in [0.717, 1.165) is 17.7 Å². The van der Waals surface area contributed by atoms with Crippen molar-refractivity contribution in [2.24, 2.45) is 0 Å². The number of nitriles is 1. The van der Waals surface area contributed by atoms with Gasteiger partial charge in [0.2, 0.25) is 0 Å². The highest BCUT2D eigenvalue weighted by atomic mass is 16.5. The van der Waals surface area contributed by atoms with Gasteiger partial charge in [-0.2, -0.15) is 5.26 Å². The molecule has 0 bridgehead atoms. The summed E-state index contributed by atoms with van der Waals surface area (Å²) in [5, 5.41) is 9.51. The molecular formula is C24H24N2O5. The van der Waals surface area contributed by atoms with Crippen LogP contribution in [0.15, 0.2) is 57.7 Å². The molecule has 7 nitrogen and oxygen atoms in total. The first-order chi connectivity index (χ1) is 15.0. The lowest BCUT2D eigenvalue weighted by molar-refractivity contribution is -0.141. The molecule has 0 N–H and O–H groups in total.